The maximum Gasteiger partial charge on any atom is 0.293 e. The number of aromatic nitrogens is 1. The minimum absolute atomic E-state index is 0.0940. The molecular formula is C22H29N5O5S. The summed E-state index contributed by atoms with van der Waals surface area (Å²) in [6.45, 7) is 5.68. The van der Waals surface area contributed by atoms with Crippen LogP contribution >= 0.6 is 0 Å². The number of rotatable bonds is 7. The molecule has 0 bridgehead atoms. The van der Waals surface area contributed by atoms with Gasteiger partial charge in [-0.05, 0) is 42.5 Å². The molecular weight excluding hydrogens is 446 g/mol. The van der Waals surface area contributed by atoms with E-state index >= 15 is 0 Å². The van der Waals surface area contributed by atoms with Crippen LogP contribution in [0.15, 0.2) is 41.4 Å². The van der Waals surface area contributed by atoms with Gasteiger partial charge >= 0.3 is 0 Å². The zero-order valence-electron chi connectivity index (χ0n) is 18.6. The van der Waals surface area contributed by atoms with Crippen molar-refractivity contribution in [1.29, 1.82) is 0 Å². The second kappa shape index (κ2) is 10.0. The van der Waals surface area contributed by atoms with Crippen molar-refractivity contribution in [1.82, 2.24) is 9.29 Å². The van der Waals surface area contributed by atoms with Gasteiger partial charge in [0.1, 0.15) is 11.5 Å². The van der Waals surface area contributed by atoms with Crippen molar-refractivity contribution in [2.75, 3.05) is 49.6 Å². The van der Waals surface area contributed by atoms with Crippen molar-refractivity contribution in [3.63, 3.8) is 0 Å². The lowest BCUT2D eigenvalue weighted by atomic mass is 9.99. The molecule has 0 unspecified atom stereocenters. The molecule has 2 saturated heterocycles. The van der Waals surface area contributed by atoms with E-state index in [-0.39, 0.29) is 29.4 Å². The Hall–Kier alpha value is -2.76. The summed E-state index contributed by atoms with van der Waals surface area (Å²) in [5.41, 5.74) is 0.856. The summed E-state index contributed by atoms with van der Waals surface area (Å²) in [6.07, 6.45) is 4.08. The number of nitro groups is 1. The average molecular weight is 476 g/mol. The van der Waals surface area contributed by atoms with Crippen LogP contribution in [0.2, 0.25) is 0 Å². The molecule has 0 atom stereocenters. The molecule has 0 amide bonds. The molecule has 0 aliphatic carbocycles. The quantitative estimate of drug-likeness (QED) is 0.480. The zero-order chi connectivity index (χ0) is 23.4. The standard InChI is InChI=1S/C22H29N5O5S/c1-17-6-8-25(9-7-17)22-5-2-18(16-24-22)15-23-20-4-3-19(14-21(20)27(28)29)33(30,31)26-10-12-32-13-11-26/h2-5,14,16-17,23H,6-13,15H2,1H3. The van der Waals surface area contributed by atoms with Gasteiger partial charge in [0.15, 0.2) is 0 Å². The van der Waals surface area contributed by atoms with Crippen LogP contribution in [-0.4, -0.2) is 62.0 Å². The SMILES string of the molecule is CC1CCN(c2ccc(CNc3ccc(S(=O)(=O)N4CCOCC4)cc3[N+](=O)[O-])cn2)CC1. The minimum Gasteiger partial charge on any atom is -0.379 e. The maximum absolute atomic E-state index is 12.8. The van der Waals surface area contributed by atoms with Crippen LogP contribution < -0.4 is 10.2 Å². The van der Waals surface area contributed by atoms with E-state index in [1.807, 2.05) is 12.1 Å². The number of pyridine rings is 1. The molecule has 2 fully saturated rings. The van der Waals surface area contributed by atoms with E-state index in [1.54, 1.807) is 6.20 Å². The molecule has 178 valence electrons. The van der Waals surface area contributed by atoms with Crippen LogP contribution in [0.5, 0.6) is 0 Å². The number of nitrogens with zero attached hydrogens (tertiary/aromatic N) is 4. The fourth-order valence-corrected chi connectivity index (χ4v) is 5.48. The number of nitrogens with one attached hydrogen (secondary N) is 1. The van der Waals surface area contributed by atoms with Gasteiger partial charge in [0.25, 0.3) is 5.69 Å². The Labute approximate surface area is 193 Å². The first-order valence-corrected chi connectivity index (χ1v) is 12.6. The molecule has 0 radical (unpaired) electrons. The first-order chi connectivity index (χ1) is 15.8. The molecule has 11 heteroatoms. The van der Waals surface area contributed by atoms with Gasteiger partial charge < -0.3 is 15.0 Å². The summed E-state index contributed by atoms with van der Waals surface area (Å²) in [5, 5.41) is 14.7. The maximum atomic E-state index is 12.8. The highest BCUT2D eigenvalue weighted by atomic mass is 32.2. The fourth-order valence-electron chi connectivity index (χ4n) is 4.05. The number of sulfonamides is 1. The van der Waals surface area contributed by atoms with Crippen molar-refractivity contribution >= 4 is 27.2 Å². The Balaban J connectivity index is 1.45. The third-order valence-corrected chi connectivity index (χ3v) is 8.07. The van der Waals surface area contributed by atoms with Gasteiger partial charge in [-0.3, -0.25) is 10.1 Å². The van der Waals surface area contributed by atoms with Crippen molar-refractivity contribution in [3.8, 4) is 0 Å². The van der Waals surface area contributed by atoms with Crippen LogP contribution in [0.25, 0.3) is 0 Å². The molecule has 2 aromatic rings. The van der Waals surface area contributed by atoms with E-state index in [4.69, 9.17) is 4.74 Å². The van der Waals surface area contributed by atoms with Crippen LogP contribution in [-0.2, 0) is 21.3 Å². The number of hydrogen-bond donors (Lipinski definition) is 1. The normalized spacial score (nSPS) is 18.3. The van der Waals surface area contributed by atoms with E-state index in [0.717, 1.165) is 49.3 Å². The van der Waals surface area contributed by atoms with Crippen molar-refractivity contribution < 1.29 is 18.1 Å². The molecule has 2 aliphatic rings. The topological polar surface area (TPSA) is 118 Å². The number of hydrogen-bond acceptors (Lipinski definition) is 8. The number of morpholine rings is 1. The summed E-state index contributed by atoms with van der Waals surface area (Å²) < 4.78 is 32.2. The van der Waals surface area contributed by atoms with Crippen molar-refractivity contribution in [2.24, 2.45) is 5.92 Å². The first-order valence-electron chi connectivity index (χ1n) is 11.1. The van der Waals surface area contributed by atoms with Gasteiger partial charge in [0, 0.05) is 45.0 Å². The van der Waals surface area contributed by atoms with E-state index < -0.39 is 14.9 Å². The minimum atomic E-state index is -3.81. The highest BCUT2D eigenvalue weighted by molar-refractivity contribution is 7.89. The third kappa shape index (κ3) is 5.43. The smallest absolute Gasteiger partial charge is 0.293 e. The number of ether oxygens (including phenoxy) is 1. The van der Waals surface area contributed by atoms with Crippen LogP contribution in [0.3, 0.4) is 0 Å². The molecule has 2 aliphatic heterocycles. The van der Waals surface area contributed by atoms with Crippen LogP contribution in [0.1, 0.15) is 25.3 Å². The largest absolute Gasteiger partial charge is 0.379 e. The van der Waals surface area contributed by atoms with E-state index in [1.165, 1.54) is 16.4 Å². The Morgan fingerprint density at radius 1 is 1.15 bits per heavy atom. The van der Waals surface area contributed by atoms with Crippen LogP contribution in [0.4, 0.5) is 17.2 Å². The predicted molar refractivity (Wildman–Crippen MR) is 125 cm³/mol. The molecule has 1 aromatic carbocycles. The molecule has 10 nitrogen and oxygen atoms in total. The van der Waals surface area contributed by atoms with Crippen molar-refractivity contribution in [3.05, 3.63) is 52.2 Å². The molecule has 33 heavy (non-hydrogen) atoms. The second-order valence-corrected chi connectivity index (χ2v) is 10.4. The number of benzene rings is 1. The molecule has 4 rings (SSSR count). The van der Waals surface area contributed by atoms with Gasteiger partial charge in [-0.15, -0.1) is 0 Å². The fraction of sp³-hybridized carbons (Fsp3) is 0.500. The first kappa shape index (κ1) is 23.4. The Morgan fingerprint density at radius 2 is 1.88 bits per heavy atom. The number of piperidine rings is 1. The summed E-state index contributed by atoms with van der Waals surface area (Å²) in [7, 11) is -3.81. The Morgan fingerprint density at radius 3 is 2.52 bits per heavy atom. The van der Waals surface area contributed by atoms with Gasteiger partial charge in [-0.2, -0.15) is 4.31 Å². The van der Waals surface area contributed by atoms with Crippen molar-refractivity contribution in [2.45, 2.75) is 31.2 Å². The lowest BCUT2D eigenvalue weighted by Gasteiger charge is -2.31. The summed E-state index contributed by atoms with van der Waals surface area (Å²) in [5.74, 6) is 1.69. The lowest BCUT2D eigenvalue weighted by Crippen LogP contribution is -2.40. The van der Waals surface area contributed by atoms with E-state index in [0.29, 0.717) is 19.8 Å². The lowest BCUT2D eigenvalue weighted by molar-refractivity contribution is -0.384. The molecule has 1 aromatic heterocycles. The van der Waals surface area contributed by atoms with Gasteiger partial charge in [0.05, 0.1) is 23.0 Å². The van der Waals surface area contributed by atoms with Crippen LogP contribution in [0, 0.1) is 16.0 Å². The molecule has 0 spiro atoms. The summed E-state index contributed by atoms with van der Waals surface area (Å²) >= 11 is 0. The second-order valence-electron chi connectivity index (χ2n) is 8.50. The average Bonchev–Trinajstić information content (AvgIpc) is 2.84. The molecule has 3 heterocycles. The highest BCUT2D eigenvalue weighted by Crippen LogP contribution is 2.30. The molecule has 0 saturated carbocycles. The molecule has 1 N–H and O–H groups in total. The Kier molecular flexibility index (Phi) is 7.11. The Bertz CT molecular complexity index is 1080. The summed E-state index contributed by atoms with van der Waals surface area (Å²) in [4.78, 5) is 17.8. The van der Waals surface area contributed by atoms with E-state index in [2.05, 4.69) is 22.1 Å². The van der Waals surface area contributed by atoms with Gasteiger partial charge in [0.2, 0.25) is 10.0 Å². The number of nitro benzene ring substituents is 1. The van der Waals surface area contributed by atoms with E-state index in [9.17, 15) is 18.5 Å². The number of anilines is 2. The van der Waals surface area contributed by atoms with Gasteiger partial charge in [-0.25, -0.2) is 13.4 Å². The highest BCUT2D eigenvalue weighted by Gasteiger charge is 2.29. The third-order valence-electron chi connectivity index (χ3n) is 6.17. The zero-order valence-corrected chi connectivity index (χ0v) is 19.5. The monoisotopic (exact) mass is 475 g/mol. The predicted octanol–water partition coefficient (Wildman–Crippen LogP) is 2.86. The summed E-state index contributed by atoms with van der Waals surface area (Å²) in [6, 6.07) is 7.89. The van der Waals surface area contributed by atoms with Gasteiger partial charge in [-0.1, -0.05) is 13.0 Å².